The van der Waals surface area contributed by atoms with Gasteiger partial charge in [-0.1, -0.05) is 6.07 Å². The predicted octanol–water partition coefficient (Wildman–Crippen LogP) is 1.05. The minimum atomic E-state index is -0.819. The van der Waals surface area contributed by atoms with Crippen LogP contribution < -0.4 is 5.32 Å². The SMILES string of the molecule is CO[C@H]1C[C@@H](C(=O)NC2CCC(O)(c3cccnc3)CC2)N(C)C1. The van der Waals surface area contributed by atoms with Gasteiger partial charge in [0.15, 0.2) is 0 Å². The molecule has 2 atom stereocenters. The minimum absolute atomic E-state index is 0.0777. The molecule has 1 saturated heterocycles. The Morgan fingerprint density at radius 3 is 2.79 bits per heavy atom. The number of likely N-dealkylation sites (N-methyl/N-ethyl adjacent to an activating group) is 1. The first kappa shape index (κ1) is 17.3. The number of nitrogens with one attached hydrogen (secondary N) is 1. The zero-order valence-electron chi connectivity index (χ0n) is 14.4. The molecule has 2 heterocycles. The second-order valence-electron chi connectivity index (χ2n) is 7.10. The fourth-order valence-corrected chi connectivity index (χ4v) is 3.89. The van der Waals surface area contributed by atoms with Crippen molar-refractivity contribution in [2.24, 2.45) is 0 Å². The molecule has 0 bridgehead atoms. The molecule has 3 rings (SSSR count). The second kappa shape index (κ2) is 7.17. The molecule has 1 aromatic rings. The lowest BCUT2D eigenvalue weighted by atomic mass is 9.78. The van der Waals surface area contributed by atoms with E-state index in [0.29, 0.717) is 12.8 Å². The summed E-state index contributed by atoms with van der Waals surface area (Å²) in [5.41, 5.74) is 0.0501. The molecule has 0 aromatic carbocycles. The summed E-state index contributed by atoms with van der Waals surface area (Å²) in [6.07, 6.45) is 7.16. The van der Waals surface area contributed by atoms with Crippen molar-refractivity contribution in [2.45, 2.75) is 55.9 Å². The Morgan fingerprint density at radius 1 is 1.46 bits per heavy atom. The summed E-state index contributed by atoms with van der Waals surface area (Å²) in [4.78, 5) is 18.7. The monoisotopic (exact) mass is 333 g/mol. The van der Waals surface area contributed by atoms with Gasteiger partial charge in [-0.25, -0.2) is 0 Å². The smallest absolute Gasteiger partial charge is 0.237 e. The van der Waals surface area contributed by atoms with E-state index in [1.165, 1.54) is 0 Å². The first-order chi connectivity index (χ1) is 11.5. The molecule has 2 aliphatic rings. The minimum Gasteiger partial charge on any atom is -0.385 e. The molecule has 2 fully saturated rings. The van der Waals surface area contributed by atoms with Crippen LogP contribution in [0.3, 0.4) is 0 Å². The molecule has 1 saturated carbocycles. The molecular weight excluding hydrogens is 306 g/mol. The van der Waals surface area contributed by atoms with Crippen LogP contribution in [0.1, 0.15) is 37.7 Å². The molecule has 1 aliphatic heterocycles. The molecule has 24 heavy (non-hydrogen) atoms. The fourth-order valence-electron chi connectivity index (χ4n) is 3.89. The summed E-state index contributed by atoms with van der Waals surface area (Å²) in [5, 5.41) is 14.0. The zero-order valence-corrected chi connectivity index (χ0v) is 14.4. The van der Waals surface area contributed by atoms with Gasteiger partial charge in [0, 0.05) is 37.7 Å². The van der Waals surface area contributed by atoms with E-state index in [1.807, 2.05) is 19.2 Å². The topological polar surface area (TPSA) is 74.7 Å². The number of ether oxygens (including phenoxy) is 1. The third-order valence-corrected chi connectivity index (χ3v) is 5.50. The number of carbonyl (C=O) groups excluding carboxylic acids is 1. The Morgan fingerprint density at radius 2 is 2.21 bits per heavy atom. The van der Waals surface area contributed by atoms with Crippen LogP contribution in [0.15, 0.2) is 24.5 Å². The molecule has 0 spiro atoms. The van der Waals surface area contributed by atoms with Crippen molar-refractivity contribution in [2.75, 3.05) is 20.7 Å². The van der Waals surface area contributed by atoms with Crippen LogP contribution in [-0.2, 0) is 15.1 Å². The Kier molecular flexibility index (Phi) is 5.18. The Bertz CT molecular complexity index is 558. The maximum Gasteiger partial charge on any atom is 0.237 e. The number of aromatic nitrogens is 1. The molecule has 132 valence electrons. The van der Waals surface area contributed by atoms with Gasteiger partial charge in [-0.3, -0.25) is 14.7 Å². The quantitative estimate of drug-likeness (QED) is 0.861. The summed E-state index contributed by atoms with van der Waals surface area (Å²) < 4.78 is 5.37. The fraction of sp³-hybridized carbons (Fsp3) is 0.667. The molecule has 2 N–H and O–H groups in total. The number of nitrogens with zero attached hydrogens (tertiary/aromatic N) is 2. The first-order valence-electron chi connectivity index (χ1n) is 8.68. The van der Waals surface area contributed by atoms with Crippen LogP contribution in [-0.4, -0.2) is 59.8 Å². The predicted molar refractivity (Wildman–Crippen MR) is 90.4 cm³/mol. The van der Waals surface area contributed by atoms with Crippen molar-refractivity contribution in [1.82, 2.24) is 15.2 Å². The van der Waals surface area contributed by atoms with Gasteiger partial charge in [0.05, 0.1) is 17.7 Å². The number of methoxy groups -OCH3 is 1. The number of pyridine rings is 1. The van der Waals surface area contributed by atoms with Gasteiger partial charge in [-0.15, -0.1) is 0 Å². The molecule has 1 aromatic heterocycles. The number of likely N-dealkylation sites (tertiary alicyclic amines) is 1. The van der Waals surface area contributed by atoms with Crippen molar-refractivity contribution in [3.63, 3.8) is 0 Å². The molecule has 1 aliphatic carbocycles. The summed E-state index contributed by atoms with van der Waals surface area (Å²) in [7, 11) is 3.66. The van der Waals surface area contributed by atoms with Gasteiger partial charge in [0.1, 0.15) is 0 Å². The van der Waals surface area contributed by atoms with Gasteiger partial charge in [0.2, 0.25) is 5.91 Å². The van der Waals surface area contributed by atoms with Crippen LogP contribution in [0, 0.1) is 0 Å². The highest BCUT2D eigenvalue weighted by molar-refractivity contribution is 5.82. The zero-order chi connectivity index (χ0) is 17.2. The van der Waals surface area contributed by atoms with E-state index in [2.05, 4.69) is 15.2 Å². The number of amides is 1. The Hall–Kier alpha value is -1.50. The van der Waals surface area contributed by atoms with Gasteiger partial charge in [-0.2, -0.15) is 0 Å². The average Bonchev–Trinajstić information content (AvgIpc) is 2.99. The van der Waals surface area contributed by atoms with Crippen LogP contribution in [0.5, 0.6) is 0 Å². The van der Waals surface area contributed by atoms with Crippen LogP contribution in [0.2, 0.25) is 0 Å². The van der Waals surface area contributed by atoms with E-state index < -0.39 is 5.60 Å². The number of carbonyl (C=O) groups is 1. The normalized spacial score (nSPS) is 34.2. The van der Waals surface area contributed by atoms with Gasteiger partial charge in [0.25, 0.3) is 0 Å². The highest BCUT2D eigenvalue weighted by Gasteiger charge is 2.38. The maximum atomic E-state index is 12.5. The first-order valence-corrected chi connectivity index (χ1v) is 8.68. The van der Waals surface area contributed by atoms with Crippen molar-refractivity contribution in [3.05, 3.63) is 30.1 Å². The lowest BCUT2D eigenvalue weighted by molar-refractivity contribution is -0.126. The molecule has 6 heteroatoms. The molecule has 1 amide bonds. The van der Waals surface area contributed by atoms with E-state index >= 15 is 0 Å². The van der Waals surface area contributed by atoms with E-state index in [0.717, 1.165) is 31.4 Å². The lowest BCUT2D eigenvalue weighted by Crippen LogP contribution is -2.48. The lowest BCUT2D eigenvalue weighted by Gasteiger charge is -2.37. The standard InChI is InChI=1S/C18H27N3O3/c1-21-12-15(24-2)10-16(21)17(22)20-14-5-7-18(23,8-6-14)13-4-3-9-19-11-13/h3-4,9,11,14-16,23H,5-8,10,12H2,1-2H3,(H,20,22)/t14?,15-,16-,18?/m0/s1. The highest BCUT2D eigenvalue weighted by atomic mass is 16.5. The average molecular weight is 333 g/mol. The summed E-state index contributed by atoms with van der Waals surface area (Å²) in [6, 6.07) is 3.78. The van der Waals surface area contributed by atoms with Crippen LogP contribution in [0.4, 0.5) is 0 Å². The number of aliphatic hydroxyl groups is 1. The van der Waals surface area contributed by atoms with Crippen molar-refractivity contribution >= 4 is 5.91 Å². The van der Waals surface area contributed by atoms with Gasteiger partial charge >= 0.3 is 0 Å². The third kappa shape index (κ3) is 3.61. The maximum absolute atomic E-state index is 12.5. The van der Waals surface area contributed by atoms with Crippen molar-refractivity contribution < 1.29 is 14.6 Å². The third-order valence-electron chi connectivity index (χ3n) is 5.50. The number of rotatable bonds is 4. The second-order valence-corrected chi connectivity index (χ2v) is 7.10. The Balaban J connectivity index is 1.53. The van der Waals surface area contributed by atoms with Gasteiger partial charge in [-0.05, 0) is 45.2 Å². The highest BCUT2D eigenvalue weighted by Crippen LogP contribution is 2.36. The van der Waals surface area contributed by atoms with E-state index in [4.69, 9.17) is 4.74 Å². The number of hydrogen-bond donors (Lipinski definition) is 2. The van der Waals surface area contributed by atoms with E-state index in [-0.39, 0.29) is 24.1 Å². The number of hydrogen-bond acceptors (Lipinski definition) is 5. The van der Waals surface area contributed by atoms with E-state index in [1.54, 1.807) is 19.5 Å². The summed E-state index contributed by atoms with van der Waals surface area (Å²) in [6.45, 7) is 0.792. The summed E-state index contributed by atoms with van der Waals surface area (Å²) >= 11 is 0. The Labute approximate surface area is 143 Å². The molecule has 0 radical (unpaired) electrons. The van der Waals surface area contributed by atoms with E-state index in [9.17, 15) is 9.90 Å². The molecule has 6 nitrogen and oxygen atoms in total. The van der Waals surface area contributed by atoms with Crippen molar-refractivity contribution in [1.29, 1.82) is 0 Å². The van der Waals surface area contributed by atoms with Crippen LogP contribution >= 0.6 is 0 Å². The summed E-state index contributed by atoms with van der Waals surface area (Å²) in [5.74, 6) is 0.0777. The van der Waals surface area contributed by atoms with Crippen LogP contribution in [0.25, 0.3) is 0 Å². The largest absolute Gasteiger partial charge is 0.385 e. The van der Waals surface area contributed by atoms with Gasteiger partial charge < -0.3 is 15.2 Å². The van der Waals surface area contributed by atoms with Crippen molar-refractivity contribution in [3.8, 4) is 0 Å². The molecule has 0 unspecified atom stereocenters. The molecular formula is C18H27N3O3.